The molecule has 0 aliphatic carbocycles. The van der Waals surface area contributed by atoms with E-state index < -0.39 is 7.82 Å². The highest BCUT2D eigenvalue weighted by Gasteiger charge is 2.20. The topological polar surface area (TPSA) is 156 Å². The zero-order valence-electron chi connectivity index (χ0n) is 17.4. The van der Waals surface area contributed by atoms with Crippen LogP contribution in [-0.4, -0.2) is 42.8 Å². The van der Waals surface area contributed by atoms with E-state index in [4.69, 9.17) is 15.5 Å². The standard InChI is InChI=1S/C19H23N4O6PS.ClH/c1-13(23(12-24)11-16-10-21-14(2)22-18(16)20)17(8-9-29-30(26,27)28)31-19(25)15-6-4-3-5-7-15;/h3-7,10,12H,8-9,11H2,1-2H3,(H2,20,21,22)(H2,26,27,28);1H. The van der Waals surface area contributed by atoms with Gasteiger partial charge in [-0.15, -0.1) is 12.4 Å². The van der Waals surface area contributed by atoms with Crippen molar-refractivity contribution < 1.29 is 28.5 Å². The minimum Gasteiger partial charge on any atom is -0.383 e. The Kier molecular flexibility index (Phi) is 11.0. The number of nitrogen functional groups attached to an aromatic ring is 1. The van der Waals surface area contributed by atoms with E-state index in [1.54, 1.807) is 44.2 Å². The van der Waals surface area contributed by atoms with Crippen LogP contribution in [0.3, 0.4) is 0 Å². The number of thioether (sulfide) groups is 1. The second kappa shape index (κ2) is 12.7. The number of rotatable bonds is 10. The molecule has 174 valence electrons. The van der Waals surface area contributed by atoms with Crippen molar-refractivity contribution >= 4 is 49.3 Å². The van der Waals surface area contributed by atoms with Crippen LogP contribution in [0, 0.1) is 6.92 Å². The molecule has 0 aliphatic rings. The fraction of sp³-hybridized carbons (Fsp3) is 0.263. The zero-order valence-corrected chi connectivity index (χ0v) is 19.9. The van der Waals surface area contributed by atoms with Crippen molar-refractivity contribution in [1.29, 1.82) is 0 Å². The summed E-state index contributed by atoms with van der Waals surface area (Å²) in [4.78, 5) is 52.2. The van der Waals surface area contributed by atoms with Crippen LogP contribution >= 0.6 is 32.0 Å². The van der Waals surface area contributed by atoms with Gasteiger partial charge in [0.05, 0.1) is 13.2 Å². The van der Waals surface area contributed by atoms with E-state index in [0.29, 0.717) is 34.0 Å². The Morgan fingerprint density at radius 3 is 2.53 bits per heavy atom. The van der Waals surface area contributed by atoms with Crippen LogP contribution in [0.25, 0.3) is 0 Å². The van der Waals surface area contributed by atoms with Gasteiger partial charge < -0.3 is 20.4 Å². The lowest BCUT2D eigenvalue weighted by Crippen LogP contribution is -2.22. The smallest absolute Gasteiger partial charge is 0.383 e. The molecular formula is C19H24ClN4O6PS. The van der Waals surface area contributed by atoms with Crippen LogP contribution in [0.1, 0.15) is 35.1 Å². The van der Waals surface area contributed by atoms with Gasteiger partial charge in [-0.05, 0) is 25.6 Å². The Bertz CT molecular complexity index is 1020. The average Bonchev–Trinajstić information content (AvgIpc) is 2.71. The second-order valence-electron chi connectivity index (χ2n) is 6.40. The van der Waals surface area contributed by atoms with E-state index in [1.807, 2.05) is 0 Å². The Balaban J connectivity index is 0.00000512. The minimum absolute atomic E-state index is 0. The molecule has 0 radical (unpaired) electrons. The normalized spacial score (nSPS) is 11.9. The van der Waals surface area contributed by atoms with Gasteiger partial charge in [0.2, 0.25) is 11.5 Å². The summed E-state index contributed by atoms with van der Waals surface area (Å²) in [5, 5.41) is -0.282. The zero-order chi connectivity index (χ0) is 23.0. The molecule has 0 aliphatic heterocycles. The SMILES string of the molecule is CC(=C(CCOP(=O)(O)O)SC(=O)c1ccccc1)N(C=O)Cc1cnc(C)nc1N.Cl. The van der Waals surface area contributed by atoms with Gasteiger partial charge in [-0.2, -0.15) is 0 Å². The van der Waals surface area contributed by atoms with Crippen LogP contribution < -0.4 is 5.73 Å². The lowest BCUT2D eigenvalue weighted by atomic mass is 10.2. The van der Waals surface area contributed by atoms with Gasteiger partial charge in [0.15, 0.2) is 0 Å². The van der Waals surface area contributed by atoms with Gasteiger partial charge in [0.1, 0.15) is 11.6 Å². The Labute approximate surface area is 195 Å². The number of phosphoric acid groups is 1. The van der Waals surface area contributed by atoms with Gasteiger partial charge in [-0.1, -0.05) is 30.3 Å². The van der Waals surface area contributed by atoms with Gasteiger partial charge in [0, 0.05) is 34.3 Å². The van der Waals surface area contributed by atoms with Crippen LogP contribution in [0.5, 0.6) is 0 Å². The third-order valence-electron chi connectivity index (χ3n) is 4.13. The first-order chi connectivity index (χ1) is 14.6. The molecule has 0 spiro atoms. The van der Waals surface area contributed by atoms with Crippen molar-refractivity contribution in [3.63, 3.8) is 0 Å². The molecule has 1 aromatic heterocycles. The third kappa shape index (κ3) is 8.70. The highest BCUT2D eigenvalue weighted by atomic mass is 35.5. The highest BCUT2D eigenvalue weighted by molar-refractivity contribution is 8.17. The Hall–Kier alpha value is -2.27. The summed E-state index contributed by atoms with van der Waals surface area (Å²) in [5.74, 6) is 0.719. The molecule has 2 rings (SSSR count). The van der Waals surface area contributed by atoms with Gasteiger partial charge in [-0.25, -0.2) is 14.5 Å². The third-order valence-corrected chi connectivity index (χ3v) is 5.82. The summed E-state index contributed by atoms with van der Waals surface area (Å²) in [5.41, 5.74) is 7.29. The number of benzene rings is 1. The Morgan fingerprint density at radius 2 is 1.97 bits per heavy atom. The molecule has 4 N–H and O–H groups in total. The molecule has 13 heteroatoms. The second-order valence-corrected chi connectivity index (χ2v) is 8.71. The van der Waals surface area contributed by atoms with E-state index >= 15 is 0 Å². The number of hydrogen-bond donors (Lipinski definition) is 3. The first-order valence-electron chi connectivity index (χ1n) is 9.07. The summed E-state index contributed by atoms with van der Waals surface area (Å²) in [6.07, 6.45) is 2.09. The van der Waals surface area contributed by atoms with Crippen molar-refractivity contribution in [3.05, 3.63) is 64.1 Å². The molecular weight excluding hydrogens is 479 g/mol. The fourth-order valence-electron chi connectivity index (χ4n) is 2.52. The number of anilines is 1. The van der Waals surface area contributed by atoms with Crippen molar-refractivity contribution in [2.24, 2.45) is 0 Å². The summed E-state index contributed by atoms with van der Waals surface area (Å²) in [6.45, 7) is 3.03. The van der Waals surface area contributed by atoms with Gasteiger partial charge in [-0.3, -0.25) is 14.1 Å². The molecule has 0 saturated heterocycles. The van der Waals surface area contributed by atoms with Gasteiger partial charge >= 0.3 is 7.82 Å². The van der Waals surface area contributed by atoms with Crippen LogP contribution in [-0.2, 0) is 20.4 Å². The van der Waals surface area contributed by atoms with Crippen LogP contribution in [0.15, 0.2) is 47.1 Å². The van der Waals surface area contributed by atoms with Crippen molar-refractivity contribution in [2.45, 2.75) is 26.8 Å². The summed E-state index contributed by atoms with van der Waals surface area (Å²) in [6, 6.07) is 8.52. The number of hydrogen-bond acceptors (Lipinski definition) is 8. The number of aromatic nitrogens is 2. The number of amides is 1. The molecule has 1 heterocycles. The number of nitrogens with zero attached hydrogens (tertiary/aromatic N) is 3. The van der Waals surface area contributed by atoms with E-state index in [-0.39, 0.29) is 42.9 Å². The Morgan fingerprint density at radius 1 is 1.31 bits per heavy atom. The maximum atomic E-state index is 12.7. The first-order valence-corrected chi connectivity index (χ1v) is 11.4. The van der Waals surface area contributed by atoms with E-state index in [2.05, 4.69) is 14.5 Å². The molecule has 2 aromatic rings. The number of carbonyl (C=O) groups is 2. The van der Waals surface area contributed by atoms with Crippen LogP contribution in [0.2, 0.25) is 0 Å². The van der Waals surface area contributed by atoms with Gasteiger partial charge in [0.25, 0.3) is 0 Å². The number of aryl methyl sites for hydroxylation is 1. The van der Waals surface area contributed by atoms with E-state index in [1.165, 1.54) is 11.1 Å². The predicted octanol–water partition coefficient (Wildman–Crippen LogP) is 3.05. The molecule has 1 aromatic carbocycles. The van der Waals surface area contributed by atoms with E-state index in [0.717, 1.165) is 11.8 Å². The lowest BCUT2D eigenvalue weighted by Gasteiger charge is -2.22. The van der Waals surface area contributed by atoms with Crippen LogP contribution in [0.4, 0.5) is 5.82 Å². The van der Waals surface area contributed by atoms with E-state index in [9.17, 15) is 14.2 Å². The largest absolute Gasteiger partial charge is 0.469 e. The maximum absolute atomic E-state index is 12.7. The quantitative estimate of drug-likeness (QED) is 0.326. The fourth-order valence-corrected chi connectivity index (χ4v) is 3.78. The maximum Gasteiger partial charge on any atom is 0.469 e. The molecule has 10 nitrogen and oxygen atoms in total. The minimum atomic E-state index is -4.67. The molecule has 0 bridgehead atoms. The molecule has 1 amide bonds. The number of phosphoric ester groups is 1. The van der Waals surface area contributed by atoms with Crippen molar-refractivity contribution in [3.8, 4) is 0 Å². The molecule has 0 saturated carbocycles. The van der Waals surface area contributed by atoms with Crippen molar-refractivity contribution in [1.82, 2.24) is 14.9 Å². The lowest BCUT2D eigenvalue weighted by molar-refractivity contribution is -0.116. The number of halogens is 1. The monoisotopic (exact) mass is 502 g/mol. The number of carbonyl (C=O) groups excluding carboxylic acids is 2. The molecule has 0 fully saturated rings. The molecule has 0 atom stereocenters. The van der Waals surface area contributed by atoms with Crippen molar-refractivity contribution in [2.75, 3.05) is 12.3 Å². The predicted molar refractivity (Wildman–Crippen MR) is 124 cm³/mol. The average molecular weight is 503 g/mol. The number of allylic oxidation sites excluding steroid dienone is 1. The molecule has 32 heavy (non-hydrogen) atoms. The highest BCUT2D eigenvalue weighted by Crippen LogP contribution is 2.37. The summed E-state index contributed by atoms with van der Waals surface area (Å²) >= 11 is 0.862. The summed E-state index contributed by atoms with van der Waals surface area (Å²) < 4.78 is 15.5. The molecule has 0 unspecified atom stereocenters. The first kappa shape index (κ1) is 27.8. The summed E-state index contributed by atoms with van der Waals surface area (Å²) in [7, 11) is -4.67. The number of nitrogens with two attached hydrogens (primary N) is 1.